The maximum absolute atomic E-state index is 13.0. The molecule has 0 bridgehead atoms. The Morgan fingerprint density at radius 3 is 2.71 bits per heavy atom. The molecule has 0 spiro atoms. The van der Waals surface area contributed by atoms with Crippen LogP contribution in [0.1, 0.15) is 5.69 Å². The van der Waals surface area contributed by atoms with Crippen molar-refractivity contribution in [2.75, 3.05) is 11.1 Å². The van der Waals surface area contributed by atoms with Gasteiger partial charge in [-0.05, 0) is 6.07 Å². The Labute approximate surface area is 97.0 Å². The molecule has 0 unspecified atom stereocenters. The molecule has 1 heterocycles. The topological polar surface area (TPSA) is 55.9 Å². The number of nitrogens with two attached hydrogens (primary N) is 1. The van der Waals surface area contributed by atoms with Crippen molar-refractivity contribution in [1.82, 2.24) is 9.78 Å². The van der Waals surface area contributed by atoms with E-state index in [1.165, 1.54) is 0 Å². The van der Waals surface area contributed by atoms with Crippen molar-refractivity contribution in [3.63, 3.8) is 0 Å². The monoisotopic (exact) mass is 238 g/mol. The van der Waals surface area contributed by atoms with Crippen LogP contribution in [0.2, 0.25) is 0 Å². The van der Waals surface area contributed by atoms with Crippen molar-refractivity contribution >= 4 is 11.4 Å². The van der Waals surface area contributed by atoms with Crippen LogP contribution < -0.4 is 11.1 Å². The van der Waals surface area contributed by atoms with E-state index in [0.717, 1.165) is 17.8 Å². The molecule has 0 radical (unpaired) electrons. The van der Waals surface area contributed by atoms with Crippen molar-refractivity contribution in [3.05, 3.63) is 41.7 Å². The molecule has 1 aromatic carbocycles. The van der Waals surface area contributed by atoms with Gasteiger partial charge >= 0.3 is 0 Å². The zero-order valence-corrected chi connectivity index (χ0v) is 9.24. The molecule has 0 aliphatic carbocycles. The minimum Gasteiger partial charge on any atom is -0.397 e. The summed E-state index contributed by atoms with van der Waals surface area (Å²) in [4.78, 5) is 0. The minimum absolute atomic E-state index is 0.167. The first kappa shape index (κ1) is 11.4. The predicted octanol–water partition coefficient (Wildman–Crippen LogP) is 1.89. The van der Waals surface area contributed by atoms with Gasteiger partial charge in [-0.3, -0.25) is 4.68 Å². The van der Waals surface area contributed by atoms with E-state index in [1.54, 1.807) is 17.9 Å². The summed E-state index contributed by atoms with van der Waals surface area (Å²) in [7, 11) is 1.80. The lowest BCUT2D eigenvalue weighted by atomic mass is 10.2. The number of anilines is 2. The minimum atomic E-state index is -0.953. The van der Waals surface area contributed by atoms with Crippen LogP contribution in [-0.4, -0.2) is 9.78 Å². The summed E-state index contributed by atoms with van der Waals surface area (Å²) in [6.07, 6.45) is 1.80. The third kappa shape index (κ3) is 2.52. The van der Waals surface area contributed by atoms with Crippen molar-refractivity contribution in [2.24, 2.45) is 7.05 Å². The fourth-order valence-electron chi connectivity index (χ4n) is 1.46. The molecule has 3 N–H and O–H groups in total. The van der Waals surface area contributed by atoms with Crippen LogP contribution in [0.3, 0.4) is 0 Å². The molecule has 6 heteroatoms. The van der Waals surface area contributed by atoms with E-state index >= 15 is 0 Å². The number of aryl methyl sites for hydroxylation is 1. The van der Waals surface area contributed by atoms with E-state index in [0.29, 0.717) is 12.2 Å². The van der Waals surface area contributed by atoms with E-state index < -0.39 is 11.6 Å². The summed E-state index contributed by atoms with van der Waals surface area (Å²) in [5.74, 6) is -1.88. The molecular formula is C11H12F2N4. The zero-order chi connectivity index (χ0) is 12.4. The molecule has 2 rings (SSSR count). The van der Waals surface area contributed by atoms with Gasteiger partial charge in [0.25, 0.3) is 0 Å². The molecule has 4 nitrogen and oxygen atoms in total. The number of nitrogen functional groups attached to an aromatic ring is 1. The van der Waals surface area contributed by atoms with Crippen LogP contribution in [0.4, 0.5) is 20.2 Å². The normalized spacial score (nSPS) is 10.5. The van der Waals surface area contributed by atoms with Crippen LogP contribution in [0.25, 0.3) is 0 Å². The second-order valence-corrected chi connectivity index (χ2v) is 3.69. The Morgan fingerprint density at radius 2 is 2.06 bits per heavy atom. The third-order valence-electron chi connectivity index (χ3n) is 2.32. The van der Waals surface area contributed by atoms with Gasteiger partial charge in [-0.25, -0.2) is 8.78 Å². The Hall–Kier alpha value is -2.11. The second-order valence-electron chi connectivity index (χ2n) is 3.69. The van der Waals surface area contributed by atoms with Gasteiger partial charge in [0, 0.05) is 25.4 Å². The SMILES string of the molecule is Cn1ccc(CNc2cc(F)c(F)cc2N)n1. The fourth-order valence-corrected chi connectivity index (χ4v) is 1.46. The van der Waals surface area contributed by atoms with Gasteiger partial charge in [0.05, 0.1) is 23.6 Å². The van der Waals surface area contributed by atoms with E-state index in [1.807, 2.05) is 6.07 Å². The average molecular weight is 238 g/mol. The summed E-state index contributed by atoms with van der Waals surface area (Å²) in [6.45, 7) is 0.399. The lowest BCUT2D eigenvalue weighted by molar-refractivity contribution is 0.509. The predicted molar refractivity (Wildman–Crippen MR) is 61.3 cm³/mol. The number of nitrogens with zero attached hydrogens (tertiary/aromatic N) is 2. The Morgan fingerprint density at radius 1 is 1.35 bits per heavy atom. The summed E-state index contributed by atoms with van der Waals surface area (Å²) in [5, 5.41) is 7.04. The van der Waals surface area contributed by atoms with E-state index in [9.17, 15) is 8.78 Å². The largest absolute Gasteiger partial charge is 0.397 e. The van der Waals surface area contributed by atoms with Crippen molar-refractivity contribution in [1.29, 1.82) is 0 Å². The van der Waals surface area contributed by atoms with Gasteiger partial charge in [-0.2, -0.15) is 5.10 Å². The summed E-state index contributed by atoms with van der Waals surface area (Å²) in [6, 6.07) is 3.81. The van der Waals surface area contributed by atoms with E-state index in [-0.39, 0.29) is 5.69 Å². The number of hydrogen-bond donors (Lipinski definition) is 2. The number of rotatable bonds is 3. The van der Waals surface area contributed by atoms with Crippen LogP contribution in [0.15, 0.2) is 24.4 Å². The highest BCUT2D eigenvalue weighted by molar-refractivity contribution is 5.66. The summed E-state index contributed by atoms with van der Waals surface area (Å²) in [5.41, 5.74) is 6.88. The first-order chi connectivity index (χ1) is 8.06. The molecular weight excluding hydrogens is 226 g/mol. The van der Waals surface area contributed by atoms with Crippen LogP contribution in [-0.2, 0) is 13.6 Å². The molecule has 17 heavy (non-hydrogen) atoms. The molecule has 0 aliphatic heterocycles. The highest BCUT2D eigenvalue weighted by atomic mass is 19.2. The van der Waals surface area contributed by atoms with Crippen LogP contribution in [0.5, 0.6) is 0 Å². The van der Waals surface area contributed by atoms with E-state index in [4.69, 9.17) is 5.73 Å². The number of hydrogen-bond acceptors (Lipinski definition) is 3. The molecule has 0 atom stereocenters. The lowest BCUT2D eigenvalue weighted by Gasteiger charge is -2.08. The molecule has 0 saturated carbocycles. The van der Waals surface area contributed by atoms with Crippen LogP contribution in [0, 0.1) is 11.6 Å². The molecule has 0 fully saturated rings. The maximum atomic E-state index is 13.0. The second kappa shape index (κ2) is 4.40. The Balaban J connectivity index is 2.11. The molecule has 2 aromatic rings. The molecule has 0 aliphatic rings. The first-order valence-electron chi connectivity index (χ1n) is 5.03. The smallest absolute Gasteiger partial charge is 0.161 e. The zero-order valence-electron chi connectivity index (χ0n) is 9.24. The molecule has 0 saturated heterocycles. The summed E-state index contributed by atoms with van der Waals surface area (Å²) >= 11 is 0. The molecule has 0 amide bonds. The van der Waals surface area contributed by atoms with Gasteiger partial charge in [-0.15, -0.1) is 0 Å². The third-order valence-corrected chi connectivity index (χ3v) is 2.32. The number of benzene rings is 1. The van der Waals surface area contributed by atoms with Gasteiger partial charge in [-0.1, -0.05) is 0 Å². The maximum Gasteiger partial charge on any atom is 0.161 e. The Bertz CT molecular complexity index is 536. The molecule has 1 aromatic heterocycles. The average Bonchev–Trinajstić information content (AvgIpc) is 2.68. The van der Waals surface area contributed by atoms with Crippen molar-refractivity contribution in [3.8, 4) is 0 Å². The van der Waals surface area contributed by atoms with Crippen molar-refractivity contribution in [2.45, 2.75) is 6.54 Å². The standard InChI is InChI=1S/C11H12F2N4/c1-17-3-2-7(16-17)6-15-11-5-9(13)8(12)4-10(11)14/h2-5,15H,6,14H2,1H3. The first-order valence-corrected chi connectivity index (χ1v) is 5.03. The van der Waals surface area contributed by atoms with Crippen molar-refractivity contribution < 1.29 is 8.78 Å². The Kier molecular flexibility index (Phi) is 2.95. The fraction of sp³-hybridized carbons (Fsp3) is 0.182. The number of halogens is 2. The highest BCUT2D eigenvalue weighted by Gasteiger charge is 2.07. The number of nitrogens with one attached hydrogen (secondary N) is 1. The van der Waals surface area contributed by atoms with Gasteiger partial charge in [0.15, 0.2) is 11.6 Å². The van der Waals surface area contributed by atoms with E-state index in [2.05, 4.69) is 10.4 Å². The quantitative estimate of drug-likeness (QED) is 0.803. The highest BCUT2D eigenvalue weighted by Crippen LogP contribution is 2.22. The molecule has 90 valence electrons. The van der Waals surface area contributed by atoms with Gasteiger partial charge in [0.1, 0.15) is 0 Å². The van der Waals surface area contributed by atoms with Gasteiger partial charge in [0.2, 0.25) is 0 Å². The van der Waals surface area contributed by atoms with Crippen LogP contribution >= 0.6 is 0 Å². The number of aromatic nitrogens is 2. The summed E-state index contributed by atoms with van der Waals surface area (Å²) < 4.78 is 27.5. The van der Waals surface area contributed by atoms with Gasteiger partial charge < -0.3 is 11.1 Å². The lowest BCUT2D eigenvalue weighted by Crippen LogP contribution is -2.05.